The molecule has 0 aromatic heterocycles. The molecule has 1 aliphatic rings. The third-order valence-electron chi connectivity index (χ3n) is 1.25. The lowest BCUT2D eigenvalue weighted by atomic mass is 10.3. The van der Waals surface area contributed by atoms with Crippen molar-refractivity contribution in [3.8, 4) is 0 Å². The maximum absolute atomic E-state index is 8.36. The van der Waals surface area contributed by atoms with Crippen LogP contribution in [0, 0.1) is 0 Å². The molecule has 0 radical (unpaired) electrons. The molecule has 1 unspecified atom stereocenters. The highest BCUT2D eigenvalue weighted by atomic mass is 16.3. The van der Waals surface area contributed by atoms with E-state index in [9.17, 15) is 0 Å². The van der Waals surface area contributed by atoms with Gasteiger partial charge < -0.3 is 15.7 Å². The van der Waals surface area contributed by atoms with Gasteiger partial charge in [-0.15, -0.1) is 0 Å². The molecule has 1 heterocycles. The molecule has 0 aromatic carbocycles. The summed E-state index contributed by atoms with van der Waals surface area (Å²) in [5, 5.41) is 13.5. The van der Waals surface area contributed by atoms with Crippen LogP contribution in [0.1, 0.15) is 6.92 Å². The van der Waals surface area contributed by atoms with E-state index in [1.807, 2.05) is 0 Å². The quantitative estimate of drug-likeness (QED) is 0.394. The van der Waals surface area contributed by atoms with Crippen LogP contribution < -0.4 is 10.6 Å². The van der Waals surface area contributed by atoms with Crippen LogP contribution in [0.15, 0.2) is 0 Å². The molecule has 0 bridgehead atoms. The maximum atomic E-state index is 8.36. The average molecular weight is 146 g/mol. The summed E-state index contributed by atoms with van der Waals surface area (Å²) < 4.78 is 0. The SMILES string of the molecule is CC1CNCCN1.O=CO. The Bertz CT molecular complexity index is 81.8. The van der Waals surface area contributed by atoms with Gasteiger partial charge in [0.2, 0.25) is 0 Å². The molecule has 1 saturated heterocycles. The van der Waals surface area contributed by atoms with E-state index in [1.54, 1.807) is 0 Å². The highest BCUT2D eigenvalue weighted by Gasteiger charge is 2.03. The first-order chi connectivity index (χ1) is 4.81. The van der Waals surface area contributed by atoms with Crippen LogP contribution in [0.2, 0.25) is 0 Å². The first kappa shape index (κ1) is 9.39. The van der Waals surface area contributed by atoms with E-state index in [2.05, 4.69) is 17.6 Å². The first-order valence-electron chi connectivity index (χ1n) is 3.33. The van der Waals surface area contributed by atoms with Crippen LogP contribution in [0.5, 0.6) is 0 Å². The number of hydrogen-bond acceptors (Lipinski definition) is 3. The third-order valence-corrected chi connectivity index (χ3v) is 1.25. The Labute approximate surface area is 60.6 Å². The Balaban J connectivity index is 0.000000236. The summed E-state index contributed by atoms with van der Waals surface area (Å²) in [6, 6.07) is 0.675. The van der Waals surface area contributed by atoms with Crippen molar-refractivity contribution >= 4 is 6.47 Å². The fourth-order valence-electron chi connectivity index (χ4n) is 0.798. The van der Waals surface area contributed by atoms with Crippen LogP contribution in [0.4, 0.5) is 0 Å². The van der Waals surface area contributed by atoms with Crippen molar-refractivity contribution < 1.29 is 9.90 Å². The maximum Gasteiger partial charge on any atom is 0.290 e. The Morgan fingerprint density at radius 2 is 2.20 bits per heavy atom. The zero-order chi connectivity index (χ0) is 7.82. The van der Waals surface area contributed by atoms with Crippen molar-refractivity contribution in [2.75, 3.05) is 19.6 Å². The lowest BCUT2D eigenvalue weighted by Gasteiger charge is -2.19. The molecular weight excluding hydrogens is 132 g/mol. The van der Waals surface area contributed by atoms with E-state index in [0.717, 1.165) is 19.6 Å². The summed E-state index contributed by atoms with van der Waals surface area (Å²) >= 11 is 0. The van der Waals surface area contributed by atoms with Crippen molar-refractivity contribution in [3.63, 3.8) is 0 Å². The Morgan fingerprint density at radius 3 is 2.40 bits per heavy atom. The lowest BCUT2D eigenvalue weighted by Crippen LogP contribution is -2.46. The fraction of sp³-hybridized carbons (Fsp3) is 0.833. The topological polar surface area (TPSA) is 61.4 Å². The number of nitrogens with one attached hydrogen (secondary N) is 2. The molecule has 0 amide bonds. The van der Waals surface area contributed by atoms with Gasteiger partial charge in [-0.05, 0) is 6.92 Å². The first-order valence-corrected chi connectivity index (χ1v) is 3.33. The van der Waals surface area contributed by atoms with Gasteiger partial charge in [0.15, 0.2) is 0 Å². The van der Waals surface area contributed by atoms with Crippen LogP contribution >= 0.6 is 0 Å². The van der Waals surface area contributed by atoms with Crippen molar-refractivity contribution in [2.45, 2.75) is 13.0 Å². The number of hydrogen-bond donors (Lipinski definition) is 3. The largest absolute Gasteiger partial charge is 0.483 e. The Morgan fingerprint density at radius 1 is 1.60 bits per heavy atom. The minimum atomic E-state index is -0.250. The van der Waals surface area contributed by atoms with Gasteiger partial charge in [-0.1, -0.05) is 0 Å². The monoisotopic (exact) mass is 146 g/mol. The molecule has 0 aliphatic carbocycles. The van der Waals surface area contributed by atoms with E-state index in [4.69, 9.17) is 9.90 Å². The molecular formula is C6H14N2O2. The van der Waals surface area contributed by atoms with Crippen LogP contribution in [-0.2, 0) is 4.79 Å². The average Bonchev–Trinajstić information content (AvgIpc) is 1.91. The highest BCUT2D eigenvalue weighted by molar-refractivity contribution is 5.32. The summed E-state index contributed by atoms with van der Waals surface area (Å²) in [6.45, 7) is 5.32. The van der Waals surface area contributed by atoms with E-state index in [0.29, 0.717) is 6.04 Å². The smallest absolute Gasteiger partial charge is 0.290 e. The molecule has 0 saturated carbocycles. The molecule has 1 atom stereocenters. The Hall–Kier alpha value is -0.610. The van der Waals surface area contributed by atoms with Crippen molar-refractivity contribution in [1.29, 1.82) is 0 Å². The minimum absolute atomic E-state index is 0.250. The third kappa shape index (κ3) is 5.53. The molecule has 1 fully saturated rings. The second kappa shape index (κ2) is 6.51. The predicted octanol–water partition coefficient (Wildman–Crippen LogP) is -0.731. The molecule has 3 N–H and O–H groups in total. The fourth-order valence-corrected chi connectivity index (χ4v) is 0.798. The Kier molecular flexibility index (Phi) is 6.11. The lowest BCUT2D eigenvalue weighted by molar-refractivity contribution is -0.122. The number of carboxylic acid groups (broad SMARTS) is 1. The zero-order valence-electron chi connectivity index (χ0n) is 6.13. The summed E-state index contributed by atoms with van der Waals surface area (Å²) in [4.78, 5) is 8.36. The molecule has 10 heavy (non-hydrogen) atoms. The number of rotatable bonds is 0. The van der Waals surface area contributed by atoms with E-state index >= 15 is 0 Å². The van der Waals surface area contributed by atoms with Gasteiger partial charge in [0.05, 0.1) is 0 Å². The summed E-state index contributed by atoms with van der Waals surface area (Å²) in [6.07, 6.45) is 0. The van der Waals surface area contributed by atoms with E-state index in [-0.39, 0.29) is 6.47 Å². The number of carbonyl (C=O) groups is 1. The molecule has 4 heteroatoms. The predicted molar refractivity (Wildman–Crippen MR) is 39.0 cm³/mol. The van der Waals surface area contributed by atoms with E-state index in [1.165, 1.54) is 0 Å². The zero-order valence-corrected chi connectivity index (χ0v) is 6.13. The molecule has 1 rings (SSSR count). The standard InChI is InChI=1S/C5H12N2.CH2O2/c1-5-4-6-2-3-7-5;2-1-3/h5-7H,2-4H2,1H3;1H,(H,2,3). The van der Waals surface area contributed by atoms with Gasteiger partial charge >= 0.3 is 0 Å². The second-order valence-corrected chi connectivity index (χ2v) is 2.16. The van der Waals surface area contributed by atoms with E-state index < -0.39 is 0 Å². The van der Waals surface area contributed by atoms with Gasteiger partial charge in [-0.2, -0.15) is 0 Å². The molecule has 0 spiro atoms. The summed E-state index contributed by atoms with van der Waals surface area (Å²) in [5.41, 5.74) is 0. The normalized spacial score (nSPS) is 24.3. The van der Waals surface area contributed by atoms with Crippen LogP contribution in [0.25, 0.3) is 0 Å². The van der Waals surface area contributed by atoms with Gasteiger partial charge in [0.1, 0.15) is 0 Å². The second-order valence-electron chi connectivity index (χ2n) is 2.16. The van der Waals surface area contributed by atoms with Crippen molar-refractivity contribution in [2.24, 2.45) is 0 Å². The van der Waals surface area contributed by atoms with Gasteiger partial charge in [-0.25, -0.2) is 0 Å². The molecule has 4 nitrogen and oxygen atoms in total. The summed E-state index contributed by atoms with van der Waals surface area (Å²) in [5.74, 6) is 0. The molecule has 0 aromatic rings. The van der Waals surface area contributed by atoms with Crippen molar-refractivity contribution in [3.05, 3.63) is 0 Å². The minimum Gasteiger partial charge on any atom is -0.483 e. The molecule has 1 aliphatic heterocycles. The summed E-state index contributed by atoms with van der Waals surface area (Å²) in [7, 11) is 0. The highest BCUT2D eigenvalue weighted by Crippen LogP contribution is 1.80. The van der Waals surface area contributed by atoms with Gasteiger partial charge in [0.25, 0.3) is 6.47 Å². The number of piperazine rings is 1. The van der Waals surface area contributed by atoms with Gasteiger partial charge in [0, 0.05) is 25.7 Å². The van der Waals surface area contributed by atoms with Crippen molar-refractivity contribution in [1.82, 2.24) is 10.6 Å². The van der Waals surface area contributed by atoms with Gasteiger partial charge in [-0.3, -0.25) is 4.79 Å². The van der Waals surface area contributed by atoms with Crippen LogP contribution in [0.3, 0.4) is 0 Å². The molecule has 60 valence electrons. The van der Waals surface area contributed by atoms with Crippen LogP contribution in [-0.4, -0.2) is 37.3 Å².